The largest absolute Gasteiger partial charge is 0.476 e. The van der Waals surface area contributed by atoms with E-state index in [1.165, 1.54) is 21.1 Å². The predicted octanol–water partition coefficient (Wildman–Crippen LogP) is -1.97. The van der Waals surface area contributed by atoms with Crippen LogP contribution in [-0.2, 0) is 21.1 Å². The van der Waals surface area contributed by atoms with Gasteiger partial charge in [0.2, 0.25) is 5.69 Å². The summed E-state index contributed by atoms with van der Waals surface area (Å²) in [4.78, 5) is 49.9. The van der Waals surface area contributed by atoms with Crippen LogP contribution in [0.4, 0.5) is 0 Å². The van der Waals surface area contributed by atoms with E-state index in [4.69, 9.17) is 5.11 Å². The van der Waals surface area contributed by atoms with Crippen LogP contribution < -0.4 is 16.8 Å². The Bertz CT molecular complexity index is 886. The van der Waals surface area contributed by atoms with Crippen molar-refractivity contribution < 1.29 is 9.90 Å². The summed E-state index contributed by atoms with van der Waals surface area (Å²) in [6, 6.07) is 0. The lowest BCUT2D eigenvalue weighted by Gasteiger charge is -2.10. The Balaban J connectivity index is 3.25. The molecule has 0 aliphatic carbocycles. The first-order chi connectivity index (χ1) is 8.77. The number of aromatic carboxylic acids is 1. The summed E-state index contributed by atoms with van der Waals surface area (Å²) in [5, 5.41) is 8.88. The summed E-state index contributed by atoms with van der Waals surface area (Å²) >= 11 is 0. The molecule has 2 aromatic rings. The lowest BCUT2D eigenvalue weighted by atomic mass is 10.4. The monoisotopic (exact) mass is 266 g/mol. The maximum Gasteiger partial charge on any atom is 0.360 e. The molecule has 19 heavy (non-hydrogen) atoms. The van der Waals surface area contributed by atoms with E-state index in [1.54, 1.807) is 0 Å². The zero-order chi connectivity index (χ0) is 14.5. The first kappa shape index (κ1) is 12.7. The Morgan fingerprint density at radius 1 is 1.00 bits per heavy atom. The Morgan fingerprint density at radius 2 is 1.58 bits per heavy atom. The zero-order valence-corrected chi connectivity index (χ0v) is 10.4. The van der Waals surface area contributed by atoms with Gasteiger partial charge >= 0.3 is 11.7 Å². The van der Waals surface area contributed by atoms with Gasteiger partial charge < -0.3 is 5.11 Å². The number of carboxylic acid groups (broad SMARTS) is 1. The first-order valence-corrected chi connectivity index (χ1v) is 5.17. The fourth-order valence-electron chi connectivity index (χ4n) is 1.85. The van der Waals surface area contributed by atoms with Gasteiger partial charge in [-0.05, 0) is 0 Å². The molecule has 0 saturated carbocycles. The van der Waals surface area contributed by atoms with Crippen LogP contribution in [0.25, 0.3) is 11.2 Å². The molecule has 0 atom stereocenters. The van der Waals surface area contributed by atoms with Gasteiger partial charge in [0.05, 0.1) is 0 Å². The molecule has 0 aromatic carbocycles. The van der Waals surface area contributed by atoms with Crippen LogP contribution >= 0.6 is 0 Å². The summed E-state index contributed by atoms with van der Waals surface area (Å²) in [7, 11) is 3.89. The molecule has 0 aliphatic rings. The van der Waals surface area contributed by atoms with Gasteiger partial charge in [-0.25, -0.2) is 14.6 Å². The third kappa shape index (κ3) is 1.58. The molecule has 0 bridgehead atoms. The first-order valence-electron chi connectivity index (χ1n) is 5.17. The molecule has 2 heterocycles. The van der Waals surface area contributed by atoms with E-state index >= 15 is 0 Å². The molecule has 2 rings (SSSR count). The second kappa shape index (κ2) is 3.90. The summed E-state index contributed by atoms with van der Waals surface area (Å²) < 4.78 is 2.79. The van der Waals surface area contributed by atoms with Gasteiger partial charge in [-0.1, -0.05) is 0 Å². The number of aryl methyl sites for hydroxylation is 2. The SMILES string of the molecule is Cn1c(=O)c2nc(C(=O)O)c(=O)n(C)c2n(C)c1=O. The molecule has 0 radical (unpaired) electrons. The van der Waals surface area contributed by atoms with Crippen molar-refractivity contribution in [1.82, 2.24) is 18.7 Å². The van der Waals surface area contributed by atoms with Crippen molar-refractivity contribution in [2.24, 2.45) is 21.1 Å². The van der Waals surface area contributed by atoms with E-state index in [-0.39, 0.29) is 11.2 Å². The van der Waals surface area contributed by atoms with Crippen LogP contribution in [0.2, 0.25) is 0 Å². The van der Waals surface area contributed by atoms with Crippen molar-refractivity contribution in [3.05, 3.63) is 36.9 Å². The molecule has 1 N–H and O–H groups in total. The summed E-state index contributed by atoms with van der Waals surface area (Å²) in [6.07, 6.45) is 0. The van der Waals surface area contributed by atoms with Crippen molar-refractivity contribution in [3.8, 4) is 0 Å². The standard InChI is InChI=1S/C10H10N4O5/c1-12-6-4(11-5(8(12)16)9(17)18)7(15)14(3)10(19)13(6)2/h1-3H3,(H,17,18). The number of hydrogen-bond acceptors (Lipinski definition) is 5. The molecule has 9 heteroatoms. The van der Waals surface area contributed by atoms with E-state index < -0.39 is 28.5 Å². The topological polar surface area (TPSA) is 116 Å². The van der Waals surface area contributed by atoms with Crippen LogP contribution in [0.3, 0.4) is 0 Å². The highest BCUT2D eigenvalue weighted by atomic mass is 16.4. The smallest absolute Gasteiger partial charge is 0.360 e. The highest BCUT2D eigenvalue weighted by Crippen LogP contribution is 2.01. The highest BCUT2D eigenvalue weighted by molar-refractivity contribution is 5.87. The third-order valence-electron chi connectivity index (χ3n) is 2.86. The van der Waals surface area contributed by atoms with Gasteiger partial charge in [-0.2, -0.15) is 0 Å². The summed E-state index contributed by atoms with van der Waals surface area (Å²) in [5.74, 6) is -1.53. The molecule has 0 spiro atoms. The lowest BCUT2D eigenvalue weighted by Crippen LogP contribution is -2.41. The number of carbonyl (C=O) groups is 1. The van der Waals surface area contributed by atoms with Crippen molar-refractivity contribution in [2.75, 3.05) is 0 Å². The van der Waals surface area contributed by atoms with Crippen LogP contribution in [-0.4, -0.2) is 29.8 Å². The second-order valence-electron chi connectivity index (χ2n) is 4.01. The molecule has 0 saturated heterocycles. The van der Waals surface area contributed by atoms with Crippen molar-refractivity contribution in [3.63, 3.8) is 0 Å². The molecule has 0 unspecified atom stereocenters. The van der Waals surface area contributed by atoms with Gasteiger partial charge in [0.15, 0.2) is 11.2 Å². The molecule has 0 fully saturated rings. The Morgan fingerprint density at radius 3 is 2.11 bits per heavy atom. The van der Waals surface area contributed by atoms with Gasteiger partial charge in [0.1, 0.15) is 0 Å². The zero-order valence-electron chi connectivity index (χ0n) is 10.4. The molecule has 9 nitrogen and oxygen atoms in total. The van der Waals surface area contributed by atoms with Crippen LogP contribution in [0.5, 0.6) is 0 Å². The number of carboxylic acids is 1. The van der Waals surface area contributed by atoms with Crippen molar-refractivity contribution in [2.45, 2.75) is 0 Å². The molecule has 0 aliphatic heterocycles. The maximum absolute atomic E-state index is 11.9. The molecule has 0 amide bonds. The van der Waals surface area contributed by atoms with Crippen LogP contribution in [0, 0.1) is 0 Å². The van der Waals surface area contributed by atoms with Crippen molar-refractivity contribution >= 4 is 17.1 Å². The van der Waals surface area contributed by atoms with E-state index in [1.807, 2.05) is 0 Å². The van der Waals surface area contributed by atoms with E-state index in [0.29, 0.717) is 0 Å². The van der Waals surface area contributed by atoms with Gasteiger partial charge in [0, 0.05) is 21.1 Å². The minimum Gasteiger partial charge on any atom is -0.476 e. The van der Waals surface area contributed by atoms with E-state index in [2.05, 4.69) is 4.98 Å². The lowest BCUT2D eigenvalue weighted by molar-refractivity contribution is 0.0688. The summed E-state index contributed by atoms with van der Waals surface area (Å²) in [5.41, 5.74) is -3.30. The molecular formula is C10H10N4O5. The number of nitrogens with zero attached hydrogens (tertiary/aromatic N) is 4. The fourth-order valence-corrected chi connectivity index (χ4v) is 1.85. The minimum absolute atomic E-state index is 0.0249. The number of fused-ring (bicyclic) bond motifs is 1. The molecule has 100 valence electrons. The average molecular weight is 266 g/mol. The Kier molecular flexibility index (Phi) is 2.62. The van der Waals surface area contributed by atoms with Crippen LogP contribution in [0.1, 0.15) is 10.5 Å². The quantitative estimate of drug-likeness (QED) is 0.640. The van der Waals surface area contributed by atoms with Gasteiger partial charge in [-0.15, -0.1) is 0 Å². The van der Waals surface area contributed by atoms with Gasteiger partial charge in [0.25, 0.3) is 11.1 Å². The third-order valence-corrected chi connectivity index (χ3v) is 2.86. The molecular weight excluding hydrogens is 256 g/mol. The van der Waals surface area contributed by atoms with E-state index in [0.717, 1.165) is 13.7 Å². The van der Waals surface area contributed by atoms with Crippen molar-refractivity contribution in [1.29, 1.82) is 0 Å². The van der Waals surface area contributed by atoms with E-state index in [9.17, 15) is 19.2 Å². The van der Waals surface area contributed by atoms with Crippen LogP contribution in [0.15, 0.2) is 14.4 Å². The predicted molar refractivity (Wildman–Crippen MR) is 64.4 cm³/mol. The fraction of sp³-hybridized carbons (Fsp3) is 0.300. The number of rotatable bonds is 1. The number of hydrogen-bond donors (Lipinski definition) is 1. The maximum atomic E-state index is 11.9. The number of aromatic nitrogens is 4. The second-order valence-corrected chi connectivity index (χ2v) is 4.01. The Labute approximate surface area is 105 Å². The summed E-state index contributed by atoms with van der Waals surface area (Å²) in [6.45, 7) is 0. The van der Waals surface area contributed by atoms with Gasteiger partial charge in [-0.3, -0.25) is 23.3 Å². The Hall–Kier alpha value is -2.71. The molecule has 2 aromatic heterocycles. The minimum atomic E-state index is -1.53. The normalized spacial score (nSPS) is 10.9. The average Bonchev–Trinajstić information content (AvgIpc) is 2.36. The highest BCUT2D eigenvalue weighted by Gasteiger charge is 2.19.